The van der Waals surface area contributed by atoms with Gasteiger partial charge in [-0.15, -0.1) is 6.58 Å². The Morgan fingerprint density at radius 2 is 1.74 bits per heavy atom. The Kier molecular flexibility index (Phi) is 5.82. The lowest BCUT2D eigenvalue weighted by Crippen LogP contribution is -2.51. The van der Waals surface area contributed by atoms with E-state index in [0.717, 1.165) is 12.5 Å². The Morgan fingerprint density at radius 3 is 2.30 bits per heavy atom. The molecule has 0 atom stereocenters. The summed E-state index contributed by atoms with van der Waals surface area (Å²) >= 11 is 0. The standard InChI is InChI=1S/C20H36N2O/c1-4-9-21-10-5-18(6-11-21)16-22-12-7-20(8-13-22)14-19(15-20)23-17(2)3/h4,17-19H,1,5-16H2,2-3H3. The molecule has 3 aliphatic rings. The molecule has 0 bridgehead atoms. The summed E-state index contributed by atoms with van der Waals surface area (Å²) in [6.45, 7) is 15.8. The van der Waals surface area contributed by atoms with E-state index in [1.165, 1.54) is 71.2 Å². The third-order valence-electron chi connectivity index (χ3n) is 6.31. The molecular weight excluding hydrogens is 284 g/mol. The van der Waals surface area contributed by atoms with E-state index in [4.69, 9.17) is 4.74 Å². The summed E-state index contributed by atoms with van der Waals surface area (Å²) in [5, 5.41) is 0. The maximum atomic E-state index is 5.97. The smallest absolute Gasteiger partial charge is 0.0589 e. The molecular formula is C20H36N2O. The zero-order valence-corrected chi connectivity index (χ0v) is 15.3. The van der Waals surface area contributed by atoms with Crippen molar-refractivity contribution in [3.05, 3.63) is 12.7 Å². The van der Waals surface area contributed by atoms with E-state index in [1.54, 1.807) is 0 Å². The van der Waals surface area contributed by atoms with Crippen molar-refractivity contribution in [2.24, 2.45) is 11.3 Å². The van der Waals surface area contributed by atoms with Gasteiger partial charge in [0.15, 0.2) is 0 Å². The van der Waals surface area contributed by atoms with Crippen LogP contribution in [-0.2, 0) is 4.74 Å². The van der Waals surface area contributed by atoms with Gasteiger partial charge in [-0.05, 0) is 89.9 Å². The largest absolute Gasteiger partial charge is 0.376 e. The van der Waals surface area contributed by atoms with E-state index < -0.39 is 0 Å². The van der Waals surface area contributed by atoms with Crippen LogP contribution in [0.15, 0.2) is 12.7 Å². The highest BCUT2D eigenvalue weighted by atomic mass is 16.5. The molecule has 0 aromatic carbocycles. The number of piperidine rings is 2. The van der Waals surface area contributed by atoms with Crippen LogP contribution < -0.4 is 0 Å². The van der Waals surface area contributed by atoms with Crippen LogP contribution in [0.5, 0.6) is 0 Å². The molecule has 3 heteroatoms. The van der Waals surface area contributed by atoms with Crippen molar-refractivity contribution in [1.29, 1.82) is 0 Å². The van der Waals surface area contributed by atoms with E-state index in [-0.39, 0.29) is 0 Å². The molecule has 3 fully saturated rings. The number of hydrogen-bond donors (Lipinski definition) is 0. The Bertz CT molecular complexity index is 371. The topological polar surface area (TPSA) is 15.7 Å². The van der Waals surface area contributed by atoms with Gasteiger partial charge in [-0.2, -0.15) is 0 Å². The van der Waals surface area contributed by atoms with Crippen LogP contribution in [0, 0.1) is 11.3 Å². The van der Waals surface area contributed by atoms with E-state index >= 15 is 0 Å². The fraction of sp³-hybridized carbons (Fsp3) is 0.900. The molecule has 0 aromatic heterocycles. The predicted molar refractivity (Wildman–Crippen MR) is 96.7 cm³/mol. The molecule has 2 aliphatic heterocycles. The molecule has 1 saturated carbocycles. The molecule has 1 spiro atoms. The minimum absolute atomic E-state index is 0.393. The van der Waals surface area contributed by atoms with Crippen LogP contribution >= 0.6 is 0 Å². The average molecular weight is 321 g/mol. The summed E-state index contributed by atoms with van der Waals surface area (Å²) in [5.74, 6) is 0.920. The molecule has 0 unspecified atom stereocenters. The minimum Gasteiger partial charge on any atom is -0.376 e. The van der Waals surface area contributed by atoms with Gasteiger partial charge < -0.3 is 9.64 Å². The number of ether oxygens (including phenoxy) is 1. The fourth-order valence-corrected chi connectivity index (χ4v) is 4.90. The molecule has 23 heavy (non-hydrogen) atoms. The van der Waals surface area contributed by atoms with Crippen LogP contribution in [0.2, 0.25) is 0 Å². The van der Waals surface area contributed by atoms with Crippen molar-refractivity contribution >= 4 is 0 Å². The first-order valence-electron chi connectivity index (χ1n) is 9.80. The zero-order valence-electron chi connectivity index (χ0n) is 15.3. The molecule has 3 nitrogen and oxygen atoms in total. The van der Waals surface area contributed by atoms with Gasteiger partial charge in [-0.1, -0.05) is 6.08 Å². The summed E-state index contributed by atoms with van der Waals surface area (Å²) in [6, 6.07) is 0. The summed E-state index contributed by atoms with van der Waals surface area (Å²) in [4.78, 5) is 5.29. The van der Waals surface area contributed by atoms with Crippen molar-refractivity contribution in [3.8, 4) is 0 Å². The molecule has 2 saturated heterocycles. The quantitative estimate of drug-likeness (QED) is 0.696. The number of rotatable bonds is 6. The van der Waals surface area contributed by atoms with Crippen molar-refractivity contribution in [2.45, 2.75) is 64.6 Å². The summed E-state index contributed by atoms with van der Waals surface area (Å²) < 4.78 is 5.97. The van der Waals surface area contributed by atoms with Crippen molar-refractivity contribution in [1.82, 2.24) is 9.80 Å². The minimum atomic E-state index is 0.393. The number of nitrogens with zero attached hydrogens (tertiary/aromatic N) is 2. The predicted octanol–water partition coefficient (Wildman–Crippen LogP) is 3.55. The summed E-state index contributed by atoms with van der Waals surface area (Å²) in [7, 11) is 0. The normalized spacial score (nSPS) is 27.4. The average Bonchev–Trinajstić information content (AvgIpc) is 2.49. The van der Waals surface area contributed by atoms with E-state index in [0.29, 0.717) is 17.6 Å². The van der Waals surface area contributed by atoms with E-state index in [2.05, 4.69) is 30.2 Å². The van der Waals surface area contributed by atoms with E-state index in [9.17, 15) is 0 Å². The van der Waals surface area contributed by atoms with Crippen LogP contribution in [0.3, 0.4) is 0 Å². The summed E-state index contributed by atoms with van der Waals surface area (Å²) in [6.07, 6.45) is 11.2. The van der Waals surface area contributed by atoms with Gasteiger partial charge in [-0.25, -0.2) is 0 Å². The molecule has 0 N–H and O–H groups in total. The van der Waals surface area contributed by atoms with Crippen molar-refractivity contribution in [3.63, 3.8) is 0 Å². The molecule has 0 radical (unpaired) electrons. The van der Waals surface area contributed by atoms with Gasteiger partial charge in [0, 0.05) is 13.1 Å². The van der Waals surface area contributed by atoms with Gasteiger partial charge in [0.1, 0.15) is 0 Å². The zero-order chi connectivity index (χ0) is 16.3. The van der Waals surface area contributed by atoms with Crippen LogP contribution in [0.25, 0.3) is 0 Å². The first kappa shape index (κ1) is 17.4. The second-order valence-electron chi connectivity index (χ2n) is 8.55. The Hall–Kier alpha value is -0.380. The molecule has 0 amide bonds. The molecule has 3 rings (SSSR count). The molecule has 132 valence electrons. The third kappa shape index (κ3) is 4.58. The lowest BCUT2D eigenvalue weighted by molar-refractivity contribution is -0.124. The molecule has 1 aliphatic carbocycles. The van der Waals surface area contributed by atoms with Crippen molar-refractivity contribution in [2.75, 3.05) is 39.3 Å². The lowest BCUT2D eigenvalue weighted by atomic mass is 9.61. The third-order valence-corrected chi connectivity index (χ3v) is 6.31. The van der Waals surface area contributed by atoms with Gasteiger partial charge >= 0.3 is 0 Å². The van der Waals surface area contributed by atoms with Gasteiger partial charge in [0.25, 0.3) is 0 Å². The van der Waals surface area contributed by atoms with Crippen LogP contribution in [-0.4, -0.2) is 61.3 Å². The second kappa shape index (κ2) is 7.67. The van der Waals surface area contributed by atoms with Gasteiger partial charge in [0.05, 0.1) is 12.2 Å². The Morgan fingerprint density at radius 1 is 1.09 bits per heavy atom. The van der Waals surface area contributed by atoms with Crippen molar-refractivity contribution < 1.29 is 4.74 Å². The lowest BCUT2D eigenvalue weighted by Gasteiger charge is -2.52. The number of hydrogen-bond acceptors (Lipinski definition) is 3. The number of likely N-dealkylation sites (tertiary alicyclic amines) is 2. The monoisotopic (exact) mass is 320 g/mol. The van der Waals surface area contributed by atoms with Gasteiger partial charge in [0.2, 0.25) is 0 Å². The second-order valence-corrected chi connectivity index (χ2v) is 8.55. The SMILES string of the molecule is C=CCN1CCC(CN2CCC3(CC2)CC(OC(C)C)C3)CC1. The Labute approximate surface area is 143 Å². The van der Waals surface area contributed by atoms with Crippen LogP contribution in [0.1, 0.15) is 52.4 Å². The first-order valence-corrected chi connectivity index (χ1v) is 9.80. The Balaban J connectivity index is 1.34. The summed E-state index contributed by atoms with van der Waals surface area (Å²) in [5.41, 5.74) is 0.642. The fourth-order valence-electron chi connectivity index (χ4n) is 4.90. The molecule has 0 aromatic rings. The highest BCUT2D eigenvalue weighted by Crippen LogP contribution is 2.50. The highest BCUT2D eigenvalue weighted by molar-refractivity contribution is 4.98. The maximum Gasteiger partial charge on any atom is 0.0589 e. The first-order chi connectivity index (χ1) is 11.1. The van der Waals surface area contributed by atoms with Gasteiger partial charge in [-0.3, -0.25) is 4.90 Å². The van der Waals surface area contributed by atoms with E-state index in [1.807, 2.05) is 6.08 Å². The molecule has 2 heterocycles. The van der Waals surface area contributed by atoms with Crippen LogP contribution in [0.4, 0.5) is 0 Å². The highest BCUT2D eigenvalue weighted by Gasteiger charge is 2.46. The maximum absolute atomic E-state index is 5.97.